The van der Waals surface area contributed by atoms with Gasteiger partial charge in [-0.3, -0.25) is 19.3 Å². The second-order valence-electron chi connectivity index (χ2n) is 14.6. The maximum atomic E-state index is 14.3. The van der Waals surface area contributed by atoms with Gasteiger partial charge in [0, 0.05) is 31.1 Å². The highest BCUT2D eigenvalue weighted by atomic mass is 32.1. The molecule has 3 N–H and O–H groups in total. The number of thiazole rings is 1. The van der Waals surface area contributed by atoms with Crippen LogP contribution in [0.4, 0.5) is 18.0 Å². The molecule has 3 atom stereocenters. The number of carbonyl (C=O) groups excluding carboxylic acids is 5. The standard InChI is InChI=1S/C41H58F3N5O12S/c1-28(48(2)40(54)61-39(53)41(42,43)44)36(51)47-34(29-8-4-3-5-9-29)38(52)49-14-7-12-33(49)37-46-32(27-62-37)35(50)30-10-6-11-31(26-30)60-25-24-59-23-22-58-21-20-57-19-18-56-17-16-55-15-13-45/h6,10-11,26-29,33-34H,3-5,7-9,12-25,45H2,1-2H3,(H,47,51)/t28-,33-,34-/m0/s1. The number of aromatic nitrogens is 1. The minimum absolute atomic E-state index is 0.206. The Balaban J connectivity index is 1.24. The van der Waals surface area contributed by atoms with Crippen molar-refractivity contribution < 1.29 is 70.3 Å². The SMILES string of the molecule is C[C@@H](C(=O)N[C@H](C(=O)N1CCC[C@H]1c1nc(C(=O)c2cccc(OCCOCCOCCOCCOCCOCCN)c2)cs1)C1CCCCC1)N(C)C(=O)OC(=O)C(F)(F)F. The predicted molar refractivity (Wildman–Crippen MR) is 218 cm³/mol. The lowest BCUT2D eigenvalue weighted by Crippen LogP contribution is -2.56. The molecule has 1 aromatic heterocycles. The van der Waals surface area contributed by atoms with Crippen molar-refractivity contribution in [3.8, 4) is 5.75 Å². The lowest BCUT2D eigenvalue weighted by atomic mass is 9.83. The van der Waals surface area contributed by atoms with Gasteiger partial charge in [0.15, 0.2) is 0 Å². The molecule has 3 amide bonds. The van der Waals surface area contributed by atoms with E-state index in [0.717, 1.165) is 26.3 Å². The van der Waals surface area contributed by atoms with Gasteiger partial charge in [-0.1, -0.05) is 31.4 Å². The summed E-state index contributed by atoms with van der Waals surface area (Å²) in [5.74, 6) is -3.94. The predicted octanol–water partition coefficient (Wildman–Crippen LogP) is 4.07. The van der Waals surface area contributed by atoms with Crippen LogP contribution in [0.25, 0.3) is 0 Å². The number of alkyl halides is 3. The summed E-state index contributed by atoms with van der Waals surface area (Å²) in [6, 6.07) is 3.90. The average Bonchev–Trinajstić information content (AvgIpc) is 3.96. The molecular weight excluding hydrogens is 844 g/mol. The Hall–Kier alpha value is -4.25. The van der Waals surface area contributed by atoms with Crippen molar-refractivity contribution in [3.05, 3.63) is 45.9 Å². The molecule has 1 aliphatic heterocycles. The van der Waals surface area contributed by atoms with E-state index in [9.17, 15) is 37.1 Å². The van der Waals surface area contributed by atoms with Crippen molar-refractivity contribution in [2.45, 2.75) is 76.2 Å². The van der Waals surface area contributed by atoms with Crippen LogP contribution in [0.15, 0.2) is 29.6 Å². The molecule has 2 aliphatic rings. The molecule has 2 aromatic rings. The monoisotopic (exact) mass is 901 g/mol. The molecule has 346 valence electrons. The van der Waals surface area contributed by atoms with Gasteiger partial charge in [-0.25, -0.2) is 14.6 Å². The number of halogens is 3. The molecule has 1 aromatic carbocycles. The zero-order valence-corrected chi connectivity index (χ0v) is 36.0. The molecule has 1 saturated carbocycles. The van der Waals surface area contributed by atoms with E-state index in [1.807, 2.05) is 0 Å². The Morgan fingerprint density at radius 2 is 1.47 bits per heavy atom. The normalized spacial score (nSPS) is 16.7. The molecule has 1 saturated heterocycles. The Labute approximate surface area is 363 Å². The largest absolute Gasteiger partial charge is 0.491 e. The number of ketones is 1. The van der Waals surface area contributed by atoms with Gasteiger partial charge in [-0.15, -0.1) is 11.3 Å². The number of nitrogens with zero attached hydrogens (tertiary/aromatic N) is 3. The van der Waals surface area contributed by atoms with Crippen molar-refractivity contribution in [3.63, 3.8) is 0 Å². The van der Waals surface area contributed by atoms with E-state index in [2.05, 4.69) is 15.0 Å². The molecule has 2 heterocycles. The van der Waals surface area contributed by atoms with E-state index in [-0.39, 0.29) is 29.9 Å². The molecular formula is C41H58F3N5O12S. The lowest BCUT2D eigenvalue weighted by molar-refractivity contribution is -0.193. The minimum Gasteiger partial charge on any atom is -0.491 e. The fourth-order valence-corrected chi connectivity index (χ4v) is 7.78. The van der Waals surface area contributed by atoms with Gasteiger partial charge in [-0.05, 0) is 50.7 Å². The maximum Gasteiger partial charge on any atom is 0.491 e. The first-order valence-corrected chi connectivity index (χ1v) is 21.7. The van der Waals surface area contributed by atoms with Crippen molar-refractivity contribution >= 4 is 41.0 Å². The summed E-state index contributed by atoms with van der Waals surface area (Å²) < 4.78 is 74.8. The van der Waals surface area contributed by atoms with Gasteiger partial charge < -0.3 is 49.1 Å². The summed E-state index contributed by atoms with van der Waals surface area (Å²) in [5, 5.41) is 4.96. The number of likely N-dealkylation sites (tertiary alicyclic amines) is 1. The number of nitrogens with two attached hydrogens (primary N) is 1. The third-order valence-corrected chi connectivity index (χ3v) is 11.2. The summed E-state index contributed by atoms with van der Waals surface area (Å²) in [6.45, 7) is 6.72. The topological polar surface area (TPSA) is 207 Å². The van der Waals surface area contributed by atoms with Gasteiger partial charge in [-0.2, -0.15) is 13.2 Å². The van der Waals surface area contributed by atoms with Gasteiger partial charge >= 0.3 is 18.2 Å². The van der Waals surface area contributed by atoms with Crippen molar-refractivity contribution in [2.24, 2.45) is 11.7 Å². The minimum atomic E-state index is -5.40. The van der Waals surface area contributed by atoms with Crippen LogP contribution in [-0.4, -0.2) is 156 Å². The van der Waals surface area contributed by atoms with Crippen molar-refractivity contribution in [2.75, 3.05) is 92.8 Å². The number of esters is 1. The first kappa shape index (κ1) is 50.4. The van der Waals surface area contributed by atoms with Gasteiger partial charge in [0.2, 0.25) is 17.6 Å². The molecule has 4 rings (SSSR count). The van der Waals surface area contributed by atoms with Crippen LogP contribution in [0, 0.1) is 5.92 Å². The van der Waals surface area contributed by atoms with E-state index in [1.165, 1.54) is 18.3 Å². The van der Waals surface area contributed by atoms with E-state index < -0.39 is 42.3 Å². The number of likely N-dealkylation sites (N-methyl/N-ethyl adjacent to an activating group) is 1. The number of hydrogen-bond acceptors (Lipinski definition) is 15. The Kier molecular flexibility index (Phi) is 21.5. The summed E-state index contributed by atoms with van der Waals surface area (Å²) in [5.41, 5.74) is 5.92. The summed E-state index contributed by atoms with van der Waals surface area (Å²) in [7, 11) is 1.02. The molecule has 0 spiro atoms. The molecule has 62 heavy (non-hydrogen) atoms. The van der Waals surface area contributed by atoms with Crippen LogP contribution in [-0.2, 0) is 42.8 Å². The Morgan fingerprint density at radius 1 is 0.871 bits per heavy atom. The fraction of sp³-hybridized carbons (Fsp3) is 0.659. The number of benzene rings is 1. The number of hydrogen-bond donors (Lipinski definition) is 2. The summed E-state index contributed by atoms with van der Waals surface area (Å²) in [6.07, 6.45) is -1.88. The van der Waals surface area contributed by atoms with Crippen LogP contribution in [0.2, 0.25) is 0 Å². The molecule has 1 aliphatic carbocycles. The second-order valence-corrected chi connectivity index (χ2v) is 15.5. The van der Waals surface area contributed by atoms with Crippen LogP contribution in [0.3, 0.4) is 0 Å². The highest BCUT2D eigenvalue weighted by molar-refractivity contribution is 7.10. The van der Waals surface area contributed by atoms with Crippen LogP contribution < -0.4 is 15.8 Å². The van der Waals surface area contributed by atoms with Gasteiger partial charge in [0.25, 0.3) is 0 Å². The number of nitrogens with one attached hydrogen (secondary N) is 1. The third kappa shape index (κ3) is 16.1. The second kappa shape index (κ2) is 26.4. The molecule has 0 unspecified atom stereocenters. The van der Waals surface area contributed by atoms with Gasteiger partial charge in [0.1, 0.15) is 35.1 Å². The van der Waals surface area contributed by atoms with E-state index >= 15 is 0 Å². The molecule has 21 heteroatoms. The van der Waals surface area contributed by atoms with E-state index in [1.54, 1.807) is 34.5 Å². The smallest absolute Gasteiger partial charge is 0.491 e. The summed E-state index contributed by atoms with van der Waals surface area (Å²) >= 11 is 1.25. The molecule has 0 radical (unpaired) electrons. The van der Waals surface area contributed by atoms with Crippen molar-refractivity contribution in [1.29, 1.82) is 0 Å². The average molecular weight is 902 g/mol. The highest BCUT2D eigenvalue weighted by Gasteiger charge is 2.44. The lowest BCUT2D eigenvalue weighted by Gasteiger charge is -2.35. The first-order chi connectivity index (χ1) is 29.8. The first-order valence-electron chi connectivity index (χ1n) is 20.8. The van der Waals surface area contributed by atoms with Crippen LogP contribution in [0.1, 0.15) is 79.0 Å². The third-order valence-electron chi connectivity index (χ3n) is 10.3. The van der Waals surface area contributed by atoms with Crippen molar-refractivity contribution in [1.82, 2.24) is 20.1 Å². The van der Waals surface area contributed by atoms with Crippen LogP contribution >= 0.6 is 11.3 Å². The molecule has 2 fully saturated rings. The Bertz CT molecular complexity index is 1730. The quantitative estimate of drug-likeness (QED) is 0.0591. The van der Waals surface area contributed by atoms with Gasteiger partial charge in [0.05, 0.1) is 72.1 Å². The van der Waals surface area contributed by atoms with Crippen LogP contribution in [0.5, 0.6) is 5.75 Å². The molecule has 0 bridgehead atoms. The number of rotatable bonds is 26. The number of amides is 3. The summed E-state index contributed by atoms with van der Waals surface area (Å²) in [4.78, 5) is 71.6. The highest BCUT2D eigenvalue weighted by Crippen LogP contribution is 2.37. The fourth-order valence-electron chi connectivity index (χ4n) is 6.84. The van der Waals surface area contributed by atoms with E-state index in [0.29, 0.717) is 126 Å². The molecule has 17 nitrogen and oxygen atoms in total. The number of carbonyl (C=O) groups is 5. The number of ether oxygens (including phenoxy) is 7. The van der Waals surface area contributed by atoms with E-state index in [4.69, 9.17) is 34.2 Å². The maximum absolute atomic E-state index is 14.3. The Morgan fingerprint density at radius 3 is 2.06 bits per heavy atom. The zero-order chi connectivity index (χ0) is 44.9. The zero-order valence-electron chi connectivity index (χ0n) is 35.2.